The molecule has 1 heterocycles. The third-order valence-electron chi connectivity index (χ3n) is 2.02. The third kappa shape index (κ3) is 4.96. The molecule has 0 aromatic carbocycles. The number of rotatable bonds is 6. The van der Waals surface area contributed by atoms with E-state index in [1.54, 1.807) is 6.20 Å². The van der Waals surface area contributed by atoms with Crippen LogP contribution in [0.25, 0.3) is 0 Å². The lowest BCUT2D eigenvalue weighted by Crippen LogP contribution is -2.13. The molecular weight excluding hydrogens is 200 g/mol. The van der Waals surface area contributed by atoms with E-state index in [1.165, 1.54) is 0 Å². The third-order valence-corrected chi connectivity index (χ3v) is 2.02. The van der Waals surface area contributed by atoms with Crippen molar-refractivity contribution in [2.45, 2.75) is 27.7 Å². The van der Waals surface area contributed by atoms with E-state index in [4.69, 9.17) is 0 Å². The summed E-state index contributed by atoms with van der Waals surface area (Å²) in [7, 11) is 0. The van der Waals surface area contributed by atoms with Gasteiger partial charge in [-0.05, 0) is 17.9 Å². The van der Waals surface area contributed by atoms with Crippen LogP contribution < -0.4 is 10.6 Å². The highest BCUT2D eigenvalue weighted by molar-refractivity contribution is 5.39. The molecule has 90 valence electrons. The molecule has 1 aromatic rings. The molecule has 0 unspecified atom stereocenters. The van der Waals surface area contributed by atoms with Gasteiger partial charge in [0.1, 0.15) is 5.82 Å². The van der Waals surface area contributed by atoms with E-state index in [0.717, 1.165) is 18.9 Å². The Morgan fingerprint density at radius 1 is 1.06 bits per heavy atom. The molecule has 0 saturated carbocycles. The number of anilines is 2. The van der Waals surface area contributed by atoms with Gasteiger partial charge >= 0.3 is 0 Å². The molecule has 16 heavy (non-hydrogen) atoms. The number of nitrogens with one attached hydrogen (secondary N) is 2. The summed E-state index contributed by atoms with van der Waals surface area (Å²) in [6, 6.07) is 1.89. The minimum Gasteiger partial charge on any atom is -0.370 e. The molecule has 0 fully saturated rings. The van der Waals surface area contributed by atoms with Crippen molar-refractivity contribution in [2.75, 3.05) is 23.7 Å². The van der Waals surface area contributed by atoms with Gasteiger partial charge in [0.05, 0.1) is 0 Å². The van der Waals surface area contributed by atoms with Crippen LogP contribution in [0.2, 0.25) is 0 Å². The zero-order valence-corrected chi connectivity index (χ0v) is 10.6. The molecule has 4 nitrogen and oxygen atoms in total. The number of hydrogen-bond donors (Lipinski definition) is 2. The average Bonchev–Trinajstić information content (AvgIpc) is 2.24. The summed E-state index contributed by atoms with van der Waals surface area (Å²) in [5.41, 5.74) is 0. The predicted octanol–water partition coefficient (Wildman–Crippen LogP) is 2.61. The molecule has 0 aliphatic carbocycles. The van der Waals surface area contributed by atoms with Crippen LogP contribution in [0.4, 0.5) is 11.8 Å². The second kappa shape index (κ2) is 6.30. The van der Waals surface area contributed by atoms with Crippen LogP contribution in [0.15, 0.2) is 12.3 Å². The zero-order valence-electron chi connectivity index (χ0n) is 10.6. The van der Waals surface area contributed by atoms with Gasteiger partial charge in [-0.2, -0.15) is 4.98 Å². The van der Waals surface area contributed by atoms with E-state index in [9.17, 15) is 0 Å². The maximum atomic E-state index is 4.38. The van der Waals surface area contributed by atoms with E-state index >= 15 is 0 Å². The first kappa shape index (κ1) is 12.7. The van der Waals surface area contributed by atoms with Crippen molar-refractivity contribution in [1.82, 2.24) is 9.97 Å². The monoisotopic (exact) mass is 222 g/mol. The van der Waals surface area contributed by atoms with Gasteiger partial charge in [0.15, 0.2) is 0 Å². The molecule has 0 spiro atoms. The van der Waals surface area contributed by atoms with Crippen molar-refractivity contribution in [1.29, 1.82) is 0 Å². The molecule has 0 bridgehead atoms. The van der Waals surface area contributed by atoms with E-state index in [-0.39, 0.29) is 0 Å². The van der Waals surface area contributed by atoms with Crippen molar-refractivity contribution in [3.05, 3.63) is 12.3 Å². The lowest BCUT2D eigenvalue weighted by atomic mass is 10.2. The topological polar surface area (TPSA) is 49.8 Å². The first-order valence-corrected chi connectivity index (χ1v) is 5.88. The van der Waals surface area contributed by atoms with Crippen LogP contribution in [-0.4, -0.2) is 23.1 Å². The lowest BCUT2D eigenvalue weighted by molar-refractivity contribution is 0.681. The van der Waals surface area contributed by atoms with Gasteiger partial charge in [0, 0.05) is 19.3 Å². The lowest BCUT2D eigenvalue weighted by Gasteiger charge is -2.10. The Morgan fingerprint density at radius 2 is 1.69 bits per heavy atom. The maximum absolute atomic E-state index is 4.38. The zero-order chi connectivity index (χ0) is 12.0. The number of hydrogen-bond acceptors (Lipinski definition) is 4. The van der Waals surface area contributed by atoms with E-state index in [2.05, 4.69) is 48.3 Å². The Balaban J connectivity index is 2.50. The first-order valence-electron chi connectivity index (χ1n) is 5.88. The van der Waals surface area contributed by atoms with Gasteiger partial charge in [-0.15, -0.1) is 0 Å². The van der Waals surface area contributed by atoms with E-state index in [0.29, 0.717) is 17.8 Å². The van der Waals surface area contributed by atoms with Gasteiger partial charge in [-0.1, -0.05) is 27.7 Å². The normalized spacial score (nSPS) is 10.9. The second-order valence-electron chi connectivity index (χ2n) is 4.81. The highest BCUT2D eigenvalue weighted by Gasteiger charge is 2.00. The molecule has 0 amide bonds. The Labute approximate surface area is 97.9 Å². The van der Waals surface area contributed by atoms with Crippen LogP contribution in [0.3, 0.4) is 0 Å². The van der Waals surface area contributed by atoms with Crippen molar-refractivity contribution in [3.63, 3.8) is 0 Å². The summed E-state index contributed by atoms with van der Waals surface area (Å²) < 4.78 is 0. The van der Waals surface area contributed by atoms with Crippen LogP contribution in [0.1, 0.15) is 27.7 Å². The molecule has 0 aliphatic rings. The van der Waals surface area contributed by atoms with E-state index < -0.39 is 0 Å². The molecular formula is C12H22N4. The minimum absolute atomic E-state index is 0.593. The summed E-state index contributed by atoms with van der Waals surface area (Å²) in [6.07, 6.45) is 1.78. The van der Waals surface area contributed by atoms with Gasteiger partial charge < -0.3 is 10.6 Å². The number of nitrogens with zero attached hydrogens (tertiary/aromatic N) is 2. The fourth-order valence-electron chi connectivity index (χ4n) is 1.15. The quantitative estimate of drug-likeness (QED) is 0.777. The molecule has 0 aliphatic heterocycles. The standard InChI is InChI=1S/C12H22N4/c1-9(2)7-14-11-5-6-13-12(16-11)15-8-10(3)4/h5-6,9-10H,7-8H2,1-4H3,(H2,13,14,15,16). The molecule has 4 heteroatoms. The minimum atomic E-state index is 0.593. The Kier molecular flexibility index (Phi) is 5.02. The van der Waals surface area contributed by atoms with Crippen LogP contribution in [0.5, 0.6) is 0 Å². The van der Waals surface area contributed by atoms with Gasteiger partial charge in [0.25, 0.3) is 0 Å². The highest BCUT2D eigenvalue weighted by atomic mass is 15.1. The maximum Gasteiger partial charge on any atom is 0.224 e. The summed E-state index contributed by atoms with van der Waals surface area (Å²) in [6.45, 7) is 10.5. The molecule has 0 radical (unpaired) electrons. The SMILES string of the molecule is CC(C)CNc1ccnc(NCC(C)C)n1. The van der Waals surface area contributed by atoms with Crippen molar-refractivity contribution in [3.8, 4) is 0 Å². The van der Waals surface area contributed by atoms with Crippen molar-refractivity contribution < 1.29 is 0 Å². The second-order valence-corrected chi connectivity index (χ2v) is 4.81. The number of aromatic nitrogens is 2. The van der Waals surface area contributed by atoms with Gasteiger partial charge in [0.2, 0.25) is 5.95 Å². The van der Waals surface area contributed by atoms with Crippen molar-refractivity contribution in [2.24, 2.45) is 11.8 Å². The molecule has 1 rings (SSSR count). The first-order chi connectivity index (χ1) is 7.58. The molecule has 0 saturated heterocycles. The predicted molar refractivity (Wildman–Crippen MR) is 68.7 cm³/mol. The van der Waals surface area contributed by atoms with Crippen LogP contribution in [-0.2, 0) is 0 Å². The van der Waals surface area contributed by atoms with Crippen molar-refractivity contribution >= 4 is 11.8 Å². The van der Waals surface area contributed by atoms with Crippen LogP contribution >= 0.6 is 0 Å². The summed E-state index contributed by atoms with van der Waals surface area (Å²) >= 11 is 0. The summed E-state index contributed by atoms with van der Waals surface area (Å²) in [4.78, 5) is 8.56. The Hall–Kier alpha value is -1.32. The Bertz CT molecular complexity index is 282. The van der Waals surface area contributed by atoms with Gasteiger partial charge in [-0.25, -0.2) is 4.98 Å². The largest absolute Gasteiger partial charge is 0.370 e. The fourth-order valence-corrected chi connectivity index (χ4v) is 1.15. The molecule has 0 atom stereocenters. The fraction of sp³-hybridized carbons (Fsp3) is 0.667. The smallest absolute Gasteiger partial charge is 0.224 e. The molecule has 1 aromatic heterocycles. The summed E-state index contributed by atoms with van der Waals surface area (Å²) in [5.74, 6) is 2.79. The van der Waals surface area contributed by atoms with E-state index in [1.807, 2.05) is 6.07 Å². The van der Waals surface area contributed by atoms with Crippen LogP contribution in [0, 0.1) is 11.8 Å². The Morgan fingerprint density at radius 3 is 2.31 bits per heavy atom. The average molecular weight is 222 g/mol. The molecule has 2 N–H and O–H groups in total. The van der Waals surface area contributed by atoms with Gasteiger partial charge in [-0.3, -0.25) is 0 Å². The summed E-state index contributed by atoms with van der Waals surface area (Å²) in [5, 5.41) is 6.49. The highest BCUT2D eigenvalue weighted by Crippen LogP contribution is 2.07.